The van der Waals surface area contributed by atoms with Gasteiger partial charge in [-0.15, -0.1) is 0 Å². The van der Waals surface area contributed by atoms with Gasteiger partial charge in [0.05, 0.1) is 12.0 Å². The number of anilines is 1. The summed E-state index contributed by atoms with van der Waals surface area (Å²) in [5, 5.41) is 20.7. The standard InChI is InChI=1S/C18H18N2O5/c1-19(2)14-7-5-13(6-8-14)16(21)9-4-12-10-15(20(23)24)18(22)17(11-12)25-3/h4-11,22H,1-3H3. The smallest absolute Gasteiger partial charge is 0.315 e. The van der Waals surface area contributed by atoms with E-state index in [1.54, 1.807) is 12.1 Å². The third kappa shape index (κ3) is 4.14. The SMILES string of the molecule is COc1cc(C=CC(=O)c2ccc(N(C)C)cc2)cc([N+](=O)[O-])c1O. The zero-order chi connectivity index (χ0) is 18.6. The first kappa shape index (κ1) is 18.0. The monoisotopic (exact) mass is 342 g/mol. The minimum atomic E-state index is -0.711. The Labute approximate surface area is 144 Å². The highest BCUT2D eigenvalue weighted by molar-refractivity contribution is 6.07. The number of carbonyl (C=O) groups excluding carboxylic acids is 1. The molecule has 2 rings (SSSR count). The number of ether oxygens (including phenoxy) is 1. The number of hydrogen-bond donors (Lipinski definition) is 1. The largest absolute Gasteiger partial charge is 0.500 e. The lowest BCUT2D eigenvalue weighted by Crippen LogP contribution is -2.08. The second kappa shape index (κ2) is 7.48. The van der Waals surface area contributed by atoms with Crippen LogP contribution in [0.25, 0.3) is 6.08 Å². The van der Waals surface area contributed by atoms with Gasteiger partial charge in [-0.1, -0.05) is 6.08 Å². The third-order valence-electron chi connectivity index (χ3n) is 3.59. The fraction of sp³-hybridized carbons (Fsp3) is 0.167. The van der Waals surface area contributed by atoms with Gasteiger partial charge in [-0.3, -0.25) is 14.9 Å². The van der Waals surface area contributed by atoms with E-state index in [4.69, 9.17) is 4.74 Å². The number of methoxy groups -OCH3 is 1. The van der Waals surface area contributed by atoms with Gasteiger partial charge in [-0.25, -0.2) is 0 Å². The molecule has 0 saturated carbocycles. The molecule has 1 N–H and O–H groups in total. The van der Waals surface area contributed by atoms with Crippen LogP contribution in [0.15, 0.2) is 42.5 Å². The van der Waals surface area contributed by atoms with Crippen molar-refractivity contribution in [2.75, 3.05) is 26.1 Å². The first-order valence-electron chi connectivity index (χ1n) is 7.38. The van der Waals surface area contributed by atoms with Crippen LogP contribution in [0.4, 0.5) is 11.4 Å². The van der Waals surface area contributed by atoms with Crippen LogP contribution >= 0.6 is 0 Å². The molecule has 0 saturated heterocycles. The van der Waals surface area contributed by atoms with Gasteiger partial charge < -0.3 is 14.7 Å². The highest BCUT2D eigenvalue weighted by Crippen LogP contribution is 2.37. The lowest BCUT2D eigenvalue weighted by molar-refractivity contribution is -0.386. The number of phenols is 1. The van der Waals surface area contributed by atoms with E-state index in [-0.39, 0.29) is 11.5 Å². The van der Waals surface area contributed by atoms with Gasteiger partial charge in [0.25, 0.3) is 0 Å². The summed E-state index contributed by atoms with van der Waals surface area (Å²) in [6.07, 6.45) is 2.76. The Bertz CT molecular complexity index is 826. The van der Waals surface area contributed by atoms with Gasteiger partial charge in [-0.05, 0) is 42.0 Å². The molecule has 0 atom stereocenters. The maximum absolute atomic E-state index is 12.2. The predicted molar refractivity (Wildman–Crippen MR) is 95.4 cm³/mol. The summed E-state index contributed by atoms with van der Waals surface area (Å²) in [6.45, 7) is 0. The van der Waals surface area contributed by atoms with Crippen LogP contribution in [0, 0.1) is 10.1 Å². The van der Waals surface area contributed by atoms with Crippen LogP contribution in [-0.4, -0.2) is 37.0 Å². The second-order valence-electron chi connectivity index (χ2n) is 5.49. The van der Waals surface area contributed by atoms with Gasteiger partial charge in [0.2, 0.25) is 5.75 Å². The van der Waals surface area contributed by atoms with E-state index in [1.165, 1.54) is 31.4 Å². The number of nitro groups is 1. The quantitative estimate of drug-likeness (QED) is 0.375. The van der Waals surface area contributed by atoms with Crippen molar-refractivity contribution in [3.8, 4) is 11.5 Å². The number of benzene rings is 2. The first-order valence-corrected chi connectivity index (χ1v) is 7.38. The number of nitro benzene ring substituents is 1. The van der Waals surface area contributed by atoms with E-state index in [2.05, 4.69) is 0 Å². The summed E-state index contributed by atoms with van der Waals surface area (Å²) in [7, 11) is 5.10. The van der Waals surface area contributed by atoms with E-state index in [0.29, 0.717) is 11.1 Å². The molecule has 0 aliphatic heterocycles. The van der Waals surface area contributed by atoms with Gasteiger partial charge in [0, 0.05) is 31.4 Å². The Morgan fingerprint density at radius 3 is 2.40 bits per heavy atom. The van der Waals surface area contributed by atoms with Crippen LogP contribution in [0.3, 0.4) is 0 Å². The third-order valence-corrected chi connectivity index (χ3v) is 3.59. The topological polar surface area (TPSA) is 92.9 Å². The molecule has 130 valence electrons. The average molecular weight is 342 g/mol. The second-order valence-corrected chi connectivity index (χ2v) is 5.49. The zero-order valence-electron chi connectivity index (χ0n) is 14.1. The van der Waals surface area contributed by atoms with Crippen LogP contribution in [0.1, 0.15) is 15.9 Å². The lowest BCUT2D eigenvalue weighted by atomic mass is 10.1. The fourth-order valence-corrected chi connectivity index (χ4v) is 2.20. The summed E-state index contributed by atoms with van der Waals surface area (Å²) in [4.78, 5) is 24.4. The van der Waals surface area contributed by atoms with E-state index in [1.807, 2.05) is 31.1 Å². The van der Waals surface area contributed by atoms with Gasteiger partial charge in [-0.2, -0.15) is 0 Å². The molecule has 2 aromatic carbocycles. The molecule has 0 aromatic heterocycles. The minimum Gasteiger partial charge on any atom is -0.500 e. The number of allylic oxidation sites excluding steroid dienone is 1. The van der Waals surface area contributed by atoms with E-state index >= 15 is 0 Å². The molecule has 0 fully saturated rings. The number of carbonyl (C=O) groups is 1. The van der Waals surface area contributed by atoms with Crippen molar-refractivity contribution in [1.29, 1.82) is 0 Å². The lowest BCUT2D eigenvalue weighted by Gasteiger charge is -2.11. The Morgan fingerprint density at radius 1 is 1.24 bits per heavy atom. The molecule has 0 radical (unpaired) electrons. The molecule has 0 bridgehead atoms. The Balaban J connectivity index is 2.27. The Hall–Kier alpha value is -3.35. The highest BCUT2D eigenvalue weighted by atomic mass is 16.6. The van der Waals surface area contributed by atoms with Crippen molar-refractivity contribution in [3.63, 3.8) is 0 Å². The number of aromatic hydroxyl groups is 1. The fourth-order valence-electron chi connectivity index (χ4n) is 2.20. The summed E-state index contributed by atoms with van der Waals surface area (Å²) >= 11 is 0. The van der Waals surface area contributed by atoms with Crippen LogP contribution in [0.2, 0.25) is 0 Å². The number of phenolic OH excluding ortho intramolecular Hbond substituents is 1. The van der Waals surface area contributed by atoms with Crippen LogP contribution in [-0.2, 0) is 0 Å². The molecular formula is C18H18N2O5. The highest BCUT2D eigenvalue weighted by Gasteiger charge is 2.19. The van der Waals surface area contributed by atoms with Crippen molar-refractivity contribution in [1.82, 2.24) is 0 Å². The molecule has 0 aliphatic rings. The normalized spacial score (nSPS) is 10.7. The molecular weight excluding hydrogens is 324 g/mol. The Morgan fingerprint density at radius 2 is 1.88 bits per heavy atom. The molecule has 25 heavy (non-hydrogen) atoms. The molecule has 0 spiro atoms. The van der Waals surface area contributed by atoms with Crippen molar-refractivity contribution in [2.24, 2.45) is 0 Å². The number of hydrogen-bond acceptors (Lipinski definition) is 6. The molecule has 0 unspecified atom stereocenters. The maximum atomic E-state index is 12.2. The van der Waals surface area contributed by atoms with Crippen LogP contribution < -0.4 is 9.64 Å². The summed E-state index contributed by atoms with van der Waals surface area (Å²) in [5.74, 6) is -0.813. The Kier molecular flexibility index (Phi) is 5.38. The maximum Gasteiger partial charge on any atom is 0.315 e. The molecule has 2 aromatic rings. The van der Waals surface area contributed by atoms with E-state index < -0.39 is 16.4 Å². The predicted octanol–water partition coefficient (Wildman–Crippen LogP) is 3.27. The average Bonchev–Trinajstić information content (AvgIpc) is 2.60. The van der Waals surface area contributed by atoms with E-state index in [9.17, 15) is 20.0 Å². The van der Waals surface area contributed by atoms with Crippen molar-refractivity contribution in [2.45, 2.75) is 0 Å². The molecule has 0 amide bonds. The van der Waals surface area contributed by atoms with Crippen LogP contribution in [0.5, 0.6) is 11.5 Å². The minimum absolute atomic E-state index is 0.0309. The summed E-state index contributed by atoms with van der Waals surface area (Å²) < 4.78 is 4.93. The van der Waals surface area contributed by atoms with Gasteiger partial charge >= 0.3 is 5.69 Å². The number of nitrogens with zero attached hydrogens (tertiary/aromatic N) is 2. The summed E-state index contributed by atoms with van der Waals surface area (Å²) in [5.41, 5.74) is 1.36. The molecule has 7 nitrogen and oxygen atoms in total. The van der Waals surface area contributed by atoms with Crippen molar-refractivity contribution < 1.29 is 19.6 Å². The van der Waals surface area contributed by atoms with Crippen molar-refractivity contribution >= 4 is 23.2 Å². The molecule has 7 heteroatoms. The molecule has 0 aliphatic carbocycles. The zero-order valence-corrected chi connectivity index (χ0v) is 14.1. The van der Waals surface area contributed by atoms with Gasteiger partial charge in [0.15, 0.2) is 11.5 Å². The summed E-state index contributed by atoms with van der Waals surface area (Å²) in [6, 6.07) is 9.67. The van der Waals surface area contributed by atoms with Gasteiger partial charge in [0.1, 0.15) is 0 Å². The molecule has 0 heterocycles. The van der Waals surface area contributed by atoms with Crippen molar-refractivity contribution in [3.05, 3.63) is 63.7 Å². The van der Waals surface area contributed by atoms with E-state index in [0.717, 1.165) is 5.69 Å². The number of rotatable bonds is 6. The first-order chi connectivity index (χ1) is 11.8. The number of ketones is 1.